The van der Waals surface area contributed by atoms with Gasteiger partial charge < -0.3 is 5.73 Å². The first kappa shape index (κ1) is 12.6. The van der Waals surface area contributed by atoms with Crippen LogP contribution in [-0.4, -0.2) is 10.9 Å². The van der Waals surface area contributed by atoms with E-state index in [4.69, 9.17) is 5.73 Å². The van der Waals surface area contributed by atoms with E-state index in [1.54, 1.807) is 0 Å². The second-order valence-corrected chi connectivity index (χ2v) is 4.12. The number of hydrogen-bond donors (Lipinski definition) is 1. The number of nitrogens with zero attached hydrogens (tertiary/aromatic N) is 1. The van der Waals surface area contributed by atoms with E-state index >= 15 is 0 Å². The summed E-state index contributed by atoms with van der Waals surface area (Å²) in [5.74, 6) is 0. The second-order valence-electron chi connectivity index (χ2n) is 4.12. The molecule has 1 heterocycles. The molecule has 0 bridgehead atoms. The number of nitrogen functional groups attached to an aromatic ring is 1. The van der Waals surface area contributed by atoms with Crippen LogP contribution in [0, 0.1) is 0 Å². The number of anilines is 1. The van der Waals surface area contributed by atoms with Crippen LogP contribution in [0.3, 0.4) is 0 Å². The molecule has 0 saturated heterocycles. The standard InChI is InChI=1S/C11H14N2.2ClH/c12-11-3-1-2-8-6-13(7-10(8)11)9-4-5-9;;/h1-3,9H,4-7,12H2;2*1H. The lowest BCUT2D eigenvalue weighted by Gasteiger charge is -2.12. The van der Waals surface area contributed by atoms with Crippen LogP contribution >= 0.6 is 24.8 Å². The first-order valence-electron chi connectivity index (χ1n) is 4.95. The molecule has 84 valence electrons. The SMILES string of the molecule is Cl.Cl.Nc1cccc2c1CN(C1CC1)C2. The molecule has 1 aliphatic carbocycles. The van der Waals surface area contributed by atoms with Crippen molar-refractivity contribution in [3.05, 3.63) is 29.3 Å². The van der Waals surface area contributed by atoms with Gasteiger partial charge in [-0.1, -0.05) is 12.1 Å². The maximum atomic E-state index is 5.93. The van der Waals surface area contributed by atoms with Gasteiger partial charge >= 0.3 is 0 Å². The molecule has 2 aliphatic rings. The van der Waals surface area contributed by atoms with E-state index in [1.165, 1.54) is 24.0 Å². The molecule has 0 atom stereocenters. The van der Waals surface area contributed by atoms with Crippen LogP contribution in [0.5, 0.6) is 0 Å². The average molecular weight is 247 g/mol. The molecule has 1 fully saturated rings. The van der Waals surface area contributed by atoms with Crippen molar-refractivity contribution >= 4 is 30.5 Å². The summed E-state index contributed by atoms with van der Waals surface area (Å²) in [7, 11) is 0. The Hall–Kier alpha value is -0.440. The highest BCUT2D eigenvalue weighted by Crippen LogP contribution is 2.36. The van der Waals surface area contributed by atoms with Crippen molar-refractivity contribution in [2.45, 2.75) is 32.0 Å². The number of halogens is 2. The third-order valence-corrected chi connectivity index (χ3v) is 3.11. The van der Waals surface area contributed by atoms with Gasteiger partial charge in [-0.15, -0.1) is 24.8 Å². The van der Waals surface area contributed by atoms with Gasteiger partial charge in [0.25, 0.3) is 0 Å². The van der Waals surface area contributed by atoms with Gasteiger partial charge in [-0.25, -0.2) is 0 Å². The average Bonchev–Trinajstić information content (AvgIpc) is 2.87. The predicted octanol–water partition coefficient (Wildman–Crippen LogP) is 2.59. The lowest BCUT2D eigenvalue weighted by atomic mass is 10.1. The molecule has 1 aliphatic heterocycles. The van der Waals surface area contributed by atoms with Crippen molar-refractivity contribution in [2.24, 2.45) is 0 Å². The Morgan fingerprint density at radius 2 is 1.87 bits per heavy atom. The molecule has 2 N–H and O–H groups in total. The minimum absolute atomic E-state index is 0. The molecule has 1 saturated carbocycles. The Kier molecular flexibility index (Phi) is 3.87. The van der Waals surface area contributed by atoms with Crippen molar-refractivity contribution in [1.29, 1.82) is 0 Å². The van der Waals surface area contributed by atoms with E-state index < -0.39 is 0 Å². The van der Waals surface area contributed by atoms with Crippen molar-refractivity contribution in [3.63, 3.8) is 0 Å². The van der Waals surface area contributed by atoms with Gasteiger partial charge in [-0.2, -0.15) is 0 Å². The van der Waals surface area contributed by atoms with Gasteiger partial charge in [0, 0.05) is 24.8 Å². The van der Waals surface area contributed by atoms with Gasteiger partial charge in [0.05, 0.1) is 0 Å². The maximum absolute atomic E-state index is 5.93. The normalized spacial score (nSPS) is 18.9. The van der Waals surface area contributed by atoms with E-state index in [0.717, 1.165) is 24.8 Å². The fraction of sp³-hybridized carbons (Fsp3) is 0.455. The Labute approximate surface area is 103 Å². The Bertz CT molecular complexity index is 350. The van der Waals surface area contributed by atoms with Gasteiger partial charge in [-0.3, -0.25) is 4.90 Å². The molecule has 1 aromatic rings. The van der Waals surface area contributed by atoms with E-state index in [-0.39, 0.29) is 24.8 Å². The van der Waals surface area contributed by atoms with Crippen molar-refractivity contribution < 1.29 is 0 Å². The molecule has 0 amide bonds. The quantitative estimate of drug-likeness (QED) is 0.773. The molecule has 0 unspecified atom stereocenters. The minimum atomic E-state index is 0. The third kappa shape index (κ3) is 2.22. The molecule has 4 heteroatoms. The summed E-state index contributed by atoms with van der Waals surface area (Å²) in [6.07, 6.45) is 2.77. The van der Waals surface area contributed by atoms with E-state index in [9.17, 15) is 0 Å². The van der Waals surface area contributed by atoms with Gasteiger partial charge in [-0.05, 0) is 30.0 Å². The van der Waals surface area contributed by atoms with Crippen LogP contribution in [0.2, 0.25) is 0 Å². The van der Waals surface area contributed by atoms with Crippen molar-refractivity contribution in [2.75, 3.05) is 5.73 Å². The molecule has 0 aromatic heterocycles. The fourth-order valence-corrected chi connectivity index (χ4v) is 2.17. The monoisotopic (exact) mass is 246 g/mol. The minimum Gasteiger partial charge on any atom is -0.398 e. The van der Waals surface area contributed by atoms with Crippen LogP contribution in [0.15, 0.2) is 18.2 Å². The topological polar surface area (TPSA) is 29.3 Å². The molecule has 0 spiro atoms. The van der Waals surface area contributed by atoms with Gasteiger partial charge in [0.1, 0.15) is 0 Å². The van der Waals surface area contributed by atoms with E-state index in [2.05, 4.69) is 17.0 Å². The Morgan fingerprint density at radius 3 is 2.47 bits per heavy atom. The smallest absolute Gasteiger partial charge is 0.0363 e. The van der Waals surface area contributed by atoms with Crippen LogP contribution in [0.1, 0.15) is 24.0 Å². The van der Waals surface area contributed by atoms with Gasteiger partial charge in [0.15, 0.2) is 0 Å². The summed E-state index contributed by atoms with van der Waals surface area (Å²) in [6, 6.07) is 7.13. The first-order valence-corrected chi connectivity index (χ1v) is 4.95. The van der Waals surface area contributed by atoms with Crippen LogP contribution in [0.25, 0.3) is 0 Å². The van der Waals surface area contributed by atoms with E-state index in [0.29, 0.717) is 0 Å². The summed E-state index contributed by atoms with van der Waals surface area (Å²) < 4.78 is 0. The van der Waals surface area contributed by atoms with Crippen molar-refractivity contribution in [3.8, 4) is 0 Å². The molecule has 1 aromatic carbocycles. The highest BCUT2D eigenvalue weighted by Gasteiger charge is 2.33. The molecule has 3 rings (SSSR count). The lowest BCUT2D eigenvalue weighted by molar-refractivity contribution is 0.273. The lowest BCUT2D eigenvalue weighted by Crippen LogP contribution is -2.18. The number of fused-ring (bicyclic) bond motifs is 1. The molecule has 15 heavy (non-hydrogen) atoms. The van der Waals surface area contributed by atoms with E-state index in [1.807, 2.05) is 6.07 Å². The number of hydrogen-bond acceptors (Lipinski definition) is 2. The summed E-state index contributed by atoms with van der Waals surface area (Å²) in [5, 5.41) is 0. The fourth-order valence-electron chi connectivity index (χ4n) is 2.17. The summed E-state index contributed by atoms with van der Waals surface area (Å²) in [5.41, 5.74) is 9.71. The largest absolute Gasteiger partial charge is 0.398 e. The van der Waals surface area contributed by atoms with Crippen LogP contribution in [0.4, 0.5) is 5.69 Å². The zero-order valence-electron chi connectivity index (χ0n) is 8.48. The molecule has 2 nitrogen and oxygen atoms in total. The number of benzene rings is 1. The zero-order valence-corrected chi connectivity index (χ0v) is 10.1. The Morgan fingerprint density at radius 1 is 1.13 bits per heavy atom. The molecule has 0 radical (unpaired) electrons. The summed E-state index contributed by atoms with van der Waals surface area (Å²) in [6.45, 7) is 2.19. The number of rotatable bonds is 1. The molecular weight excluding hydrogens is 231 g/mol. The second kappa shape index (κ2) is 4.60. The van der Waals surface area contributed by atoms with Crippen LogP contribution < -0.4 is 5.73 Å². The van der Waals surface area contributed by atoms with Crippen molar-refractivity contribution in [1.82, 2.24) is 4.90 Å². The first-order chi connectivity index (χ1) is 6.34. The summed E-state index contributed by atoms with van der Waals surface area (Å²) >= 11 is 0. The third-order valence-electron chi connectivity index (χ3n) is 3.11. The number of nitrogens with two attached hydrogens (primary N) is 1. The zero-order chi connectivity index (χ0) is 8.84. The molecular formula is C11H16Cl2N2. The van der Waals surface area contributed by atoms with Crippen LogP contribution in [-0.2, 0) is 13.1 Å². The predicted molar refractivity (Wildman–Crippen MR) is 67.6 cm³/mol. The highest BCUT2D eigenvalue weighted by atomic mass is 35.5. The Balaban J connectivity index is 0.000000562. The summed E-state index contributed by atoms with van der Waals surface area (Å²) in [4.78, 5) is 2.54. The maximum Gasteiger partial charge on any atom is 0.0363 e. The van der Waals surface area contributed by atoms with Gasteiger partial charge in [0.2, 0.25) is 0 Å². The highest BCUT2D eigenvalue weighted by molar-refractivity contribution is 5.85.